The van der Waals surface area contributed by atoms with Crippen molar-refractivity contribution in [1.82, 2.24) is 20.2 Å². The van der Waals surface area contributed by atoms with Crippen LogP contribution in [0.2, 0.25) is 0 Å². The van der Waals surface area contributed by atoms with Crippen LogP contribution in [0.15, 0.2) is 18.2 Å². The van der Waals surface area contributed by atoms with E-state index < -0.39 is 0 Å². The van der Waals surface area contributed by atoms with Crippen molar-refractivity contribution in [2.45, 2.75) is 26.3 Å². The van der Waals surface area contributed by atoms with Crippen LogP contribution in [0.1, 0.15) is 26.3 Å². The molecular weight excluding hydrogens is 230 g/mol. The first-order chi connectivity index (χ1) is 8.69. The van der Waals surface area contributed by atoms with Gasteiger partial charge in [0.2, 0.25) is 0 Å². The predicted octanol–water partition coefficient (Wildman–Crippen LogP) is 1.90. The Labute approximate surface area is 106 Å². The number of hydrogen-bond donors (Lipinski definition) is 1. The van der Waals surface area contributed by atoms with Gasteiger partial charge < -0.3 is 10.5 Å². The van der Waals surface area contributed by atoms with Crippen molar-refractivity contribution in [2.75, 3.05) is 12.8 Å². The fraction of sp³-hybridized carbons (Fsp3) is 0.417. The second kappa shape index (κ2) is 5.03. The third-order valence-corrected chi connectivity index (χ3v) is 3.00. The van der Waals surface area contributed by atoms with Crippen molar-refractivity contribution in [2.24, 2.45) is 0 Å². The summed E-state index contributed by atoms with van der Waals surface area (Å²) in [6, 6.07) is 5.71. The van der Waals surface area contributed by atoms with Crippen molar-refractivity contribution >= 4 is 5.69 Å². The molecule has 0 saturated carbocycles. The van der Waals surface area contributed by atoms with Gasteiger partial charge in [-0.3, -0.25) is 0 Å². The Bertz CT molecular complexity index is 537. The van der Waals surface area contributed by atoms with E-state index in [9.17, 15) is 0 Å². The minimum Gasteiger partial charge on any atom is -0.496 e. The Balaban J connectivity index is 2.59. The lowest BCUT2D eigenvalue weighted by atomic mass is 10.1. The van der Waals surface area contributed by atoms with Crippen LogP contribution >= 0.6 is 0 Å². The number of methoxy groups -OCH3 is 1. The van der Waals surface area contributed by atoms with Gasteiger partial charge in [-0.1, -0.05) is 13.0 Å². The van der Waals surface area contributed by atoms with Crippen LogP contribution < -0.4 is 10.5 Å². The highest BCUT2D eigenvalue weighted by molar-refractivity contribution is 5.77. The van der Waals surface area contributed by atoms with E-state index >= 15 is 0 Å². The van der Waals surface area contributed by atoms with E-state index in [1.807, 2.05) is 18.2 Å². The minimum atomic E-state index is 0.208. The van der Waals surface area contributed by atoms with Crippen LogP contribution in [0.5, 0.6) is 5.75 Å². The maximum atomic E-state index is 6.01. The summed E-state index contributed by atoms with van der Waals surface area (Å²) in [6.07, 6.45) is 0.938. The molecule has 0 amide bonds. The van der Waals surface area contributed by atoms with Crippen LogP contribution in [0, 0.1) is 0 Å². The second-order valence-corrected chi connectivity index (χ2v) is 4.13. The Morgan fingerprint density at radius 3 is 2.89 bits per heavy atom. The highest BCUT2D eigenvalue weighted by atomic mass is 16.5. The van der Waals surface area contributed by atoms with Crippen LogP contribution in [-0.2, 0) is 0 Å². The van der Waals surface area contributed by atoms with E-state index in [2.05, 4.69) is 29.4 Å². The Hall–Kier alpha value is -2.11. The monoisotopic (exact) mass is 247 g/mol. The summed E-state index contributed by atoms with van der Waals surface area (Å²) in [7, 11) is 1.61. The molecule has 0 spiro atoms. The maximum Gasteiger partial charge on any atom is 0.188 e. The van der Waals surface area contributed by atoms with Gasteiger partial charge in [0.25, 0.3) is 0 Å². The van der Waals surface area contributed by atoms with Gasteiger partial charge in [0.05, 0.1) is 18.7 Å². The lowest BCUT2D eigenvalue weighted by Gasteiger charge is -2.14. The molecule has 2 N–H and O–H groups in total. The molecule has 0 saturated heterocycles. The van der Waals surface area contributed by atoms with Gasteiger partial charge in [-0.25, -0.2) is 4.68 Å². The van der Waals surface area contributed by atoms with Crippen LogP contribution in [0.4, 0.5) is 5.69 Å². The number of benzene rings is 1. The molecule has 0 radical (unpaired) electrons. The number of hydrogen-bond acceptors (Lipinski definition) is 5. The van der Waals surface area contributed by atoms with Gasteiger partial charge in [0, 0.05) is 5.69 Å². The zero-order valence-electron chi connectivity index (χ0n) is 10.8. The summed E-state index contributed by atoms with van der Waals surface area (Å²) in [5, 5.41) is 11.8. The predicted molar refractivity (Wildman–Crippen MR) is 69.2 cm³/mol. The topological polar surface area (TPSA) is 78.9 Å². The molecule has 0 bridgehead atoms. The van der Waals surface area contributed by atoms with Crippen molar-refractivity contribution in [1.29, 1.82) is 0 Å². The van der Waals surface area contributed by atoms with E-state index in [1.165, 1.54) is 0 Å². The summed E-state index contributed by atoms with van der Waals surface area (Å²) < 4.78 is 7.10. The molecule has 1 atom stereocenters. The molecule has 0 aliphatic carbocycles. The van der Waals surface area contributed by atoms with E-state index in [1.54, 1.807) is 11.8 Å². The lowest BCUT2D eigenvalue weighted by molar-refractivity contribution is 0.414. The van der Waals surface area contributed by atoms with E-state index in [4.69, 9.17) is 10.5 Å². The first-order valence-electron chi connectivity index (χ1n) is 5.89. The molecular formula is C12H17N5O. The molecule has 6 heteroatoms. The highest BCUT2D eigenvalue weighted by Crippen LogP contribution is 2.34. The molecule has 96 valence electrons. The van der Waals surface area contributed by atoms with Crippen LogP contribution in [0.3, 0.4) is 0 Å². The molecule has 18 heavy (non-hydrogen) atoms. The molecule has 1 aromatic carbocycles. The van der Waals surface area contributed by atoms with Gasteiger partial charge in [-0.2, -0.15) is 0 Å². The minimum absolute atomic E-state index is 0.208. The second-order valence-electron chi connectivity index (χ2n) is 4.13. The largest absolute Gasteiger partial charge is 0.496 e. The number of aromatic nitrogens is 4. The summed E-state index contributed by atoms with van der Waals surface area (Å²) in [6.45, 7) is 4.15. The molecule has 1 heterocycles. The summed E-state index contributed by atoms with van der Waals surface area (Å²) in [5.41, 5.74) is 7.36. The third-order valence-electron chi connectivity index (χ3n) is 3.00. The number of ether oxygens (including phenoxy) is 1. The zero-order chi connectivity index (χ0) is 13.1. The van der Waals surface area contributed by atoms with Crippen molar-refractivity contribution in [3.63, 3.8) is 0 Å². The van der Waals surface area contributed by atoms with Crippen molar-refractivity contribution in [3.05, 3.63) is 18.2 Å². The van der Waals surface area contributed by atoms with E-state index in [0.29, 0.717) is 17.3 Å². The third kappa shape index (κ3) is 2.01. The van der Waals surface area contributed by atoms with Crippen molar-refractivity contribution in [3.8, 4) is 17.1 Å². The molecule has 2 aromatic rings. The average Bonchev–Trinajstić information content (AvgIpc) is 2.86. The zero-order valence-corrected chi connectivity index (χ0v) is 10.8. The Kier molecular flexibility index (Phi) is 3.45. The number of nitrogens with zero attached hydrogens (tertiary/aromatic N) is 4. The van der Waals surface area contributed by atoms with Gasteiger partial charge in [-0.15, -0.1) is 5.10 Å². The number of rotatable bonds is 4. The summed E-state index contributed by atoms with van der Waals surface area (Å²) in [4.78, 5) is 0. The first-order valence-corrected chi connectivity index (χ1v) is 5.89. The smallest absolute Gasteiger partial charge is 0.188 e. The standard InChI is InChI=1S/C12H17N5O/c1-4-8(2)17-12(14-15-16-17)11-9(13)6-5-7-10(11)18-3/h5-8H,4,13H2,1-3H3. The number of anilines is 1. The average molecular weight is 247 g/mol. The number of tetrazole rings is 1. The highest BCUT2D eigenvalue weighted by Gasteiger charge is 2.19. The maximum absolute atomic E-state index is 6.01. The van der Waals surface area contributed by atoms with E-state index in [0.717, 1.165) is 12.0 Å². The normalized spacial score (nSPS) is 12.4. The van der Waals surface area contributed by atoms with Gasteiger partial charge >= 0.3 is 0 Å². The van der Waals surface area contributed by atoms with Gasteiger partial charge in [-0.05, 0) is 35.9 Å². The fourth-order valence-corrected chi connectivity index (χ4v) is 1.79. The Morgan fingerprint density at radius 2 is 2.22 bits per heavy atom. The van der Waals surface area contributed by atoms with Crippen molar-refractivity contribution < 1.29 is 4.74 Å². The molecule has 1 aromatic heterocycles. The summed E-state index contributed by atoms with van der Waals surface area (Å²) >= 11 is 0. The molecule has 0 aliphatic rings. The quantitative estimate of drug-likeness (QED) is 0.835. The molecule has 2 rings (SSSR count). The fourth-order valence-electron chi connectivity index (χ4n) is 1.79. The molecule has 0 fully saturated rings. The number of nitrogens with two attached hydrogens (primary N) is 1. The first kappa shape index (κ1) is 12.3. The lowest BCUT2D eigenvalue weighted by Crippen LogP contribution is -2.09. The van der Waals surface area contributed by atoms with Crippen LogP contribution in [-0.4, -0.2) is 27.3 Å². The van der Waals surface area contributed by atoms with E-state index in [-0.39, 0.29) is 6.04 Å². The van der Waals surface area contributed by atoms with Gasteiger partial charge in [0.1, 0.15) is 5.75 Å². The molecule has 1 unspecified atom stereocenters. The Morgan fingerprint density at radius 1 is 1.44 bits per heavy atom. The van der Waals surface area contributed by atoms with Gasteiger partial charge in [0.15, 0.2) is 5.82 Å². The SMILES string of the molecule is CCC(C)n1nnnc1-c1c(N)cccc1OC. The summed E-state index contributed by atoms with van der Waals surface area (Å²) in [5.74, 6) is 1.31. The van der Waals surface area contributed by atoms with Crippen LogP contribution in [0.25, 0.3) is 11.4 Å². The molecule has 6 nitrogen and oxygen atoms in total. The number of nitrogen functional groups attached to an aromatic ring is 1. The molecule has 0 aliphatic heterocycles.